The van der Waals surface area contributed by atoms with Crippen LogP contribution in [-0.2, 0) is 9.53 Å². The van der Waals surface area contributed by atoms with Gasteiger partial charge in [0.1, 0.15) is 0 Å². The maximum absolute atomic E-state index is 10.2. The summed E-state index contributed by atoms with van der Waals surface area (Å²) in [5, 5.41) is 8.43. The predicted molar refractivity (Wildman–Crippen MR) is 55.5 cm³/mol. The minimum absolute atomic E-state index is 0.245. The van der Waals surface area contributed by atoms with E-state index in [-0.39, 0.29) is 12.5 Å². The van der Waals surface area contributed by atoms with Gasteiger partial charge in [-0.15, -0.1) is 0 Å². The number of rotatable bonds is 8. The van der Waals surface area contributed by atoms with Crippen LogP contribution < -0.4 is 0 Å². The summed E-state index contributed by atoms with van der Waals surface area (Å²) in [6, 6.07) is 0. The topological polar surface area (TPSA) is 49.8 Å². The molecule has 0 aliphatic rings. The van der Waals surface area contributed by atoms with E-state index in [0.717, 1.165) is 13.1 Å². The summed E-state index contributed by atoms with van der Waals surface area (Å²) in [4.78, 5) is 12.3. The van der Waals surface area contributed by atoms with E-state index in [1.54, 1.807) is 0 Å². The van der Waals surface area contributed by atoms with E-state index >= 15 is 0 Å². The molecule has 0 saturated heterocycles. The second-order valence-corrected chi connectivity index (χ2v) is 3.72. The highest BCUT2D eigenvalue weighted by molar-refractivity contribution is 5.66. The van der Waals surface area contributed by atoms with Crippen molar-refractivity contribution in [2.75, 3.05) is 26.7 Å². The monoisotopic (exact) mass is 203 g/mol. The van der Waals surface area contributed by atoms with Gasteiger partial charge in [-0.3, -0.25) is 4.79 Å². The standard InChI is InChI=1S/C10H21NO3/c1-9(2)14-8-7-11(3)6-4-5-10(12)13/h9H,4-8H2,1-3H3,(H,12,13). The molecule has 0 bridgehead atoms. The summed E-state index contributed by atoms with van der Waals surface area (Å²) in [6.45, 7) is 6.39. The fraction of sp³-hybridized carbons (Fsp3) is 0.900. The highest BCUT2D eigenvalue weighted by Gasteiger charge is 2.01. The third-order valence-corrected chi connectivity index (χ3v) is 1.85. The van der Waals surface area contributed by atoms with Crippen molar-refractivity contribution in [3.05, 3.63) is 0 Å². The zero-order valence-electron chi connectivity index (χ0n) is 9.32. The van der Waals surface area contributed by atoms with Crippen molar-refractivity contribution in [2.45, 2.75) is 32.8 Å². The largest absolute Gasteiger partial charge is 0.481 e. The first-order valence-electron chi connectivity index (χ1n) is 5.04. The van der Waals surface area contributed by atoms with Crippen molar-refractivity contribution in [1.82, 2.24) is 4.90 Å². The number of hydrogen-bond acceptors (Lipinski definition) is 3. The van der Waals surface area contributed by atoms with Crippen LogP contribution in [-0.4, -0.2) is 48.8 Å². The number of likely N-dealkylation sites (N-methyl/N-ethyl adjacent to an activating group) is 1. The second kappa shape index (κ2) is 7.76. The van der Waals surface area contributed by atoms with Crippen molar-refractivity contribution in [2.24, 2.45) is 0 Å². The Labute approximate surface area is 85.9 Å². The number of ether oxygens (including phenoxy) is 1. The van der Waals surface area contributed by atoms with Crippen LogP contribution >= 0.6 is 0 Å². The van der Waals surface area contributed by atoms with Crippen LogP contribution in [0.1, 0.15) is 26.7 Å². The lowest BCUT2D eigenvalue weighted by Gasteiger charge is -2.16. The second-order valence-electron chi connectivity index (χ2n) is 3.72. The lowest BCUT2D eigenvalue weighted by Crippen LogP contribution is -2.25. The van der Waals surface area contributed by atoms with Gasteiger partial charge in [0.05, 0.1) is 12.7 Å². The van der Waals surface area contributed by atoms with E-state index in [0.29, 0.717) is 13.0 Å². The molecule has 0 saturated carbocycles. The van der Waals surface area contributed by atoms with E-state index in [2.05, 4.69) is 4.90 Å². The number of carbonyl (C=O) groups is 1. The summed E-state index contributed by atoms with van der Waals surface area (Å²) in [6.07, 6.45) is 1.21. The van der Waals surface area contributed by atoms with Crippen LogP contribution in [0.15, 0.2) is 0 Å². The predicted octanol–water partition coefficient (Wildman–Crippen LogP) is 1.21. The molecule has 4 heteroatoms. The maximum Gasteiger partial charge on any atom is 0.303 e. The van der Waals surface area contributed by atoms with Gasteiger partial charge in [0.15, 0.2) is 0 Å². The molecule has 0 rings (SSSR count). The third kappa shape index (κ3) is 9.48. The minimum Gasteiger partial charge on any atom is -0.481 e. The molecule has 0 heterocycles. The molecule has 84 valence electrons. The Morgan fingerprint density at radius 3 is 2.57 bits per heavy atom. The first kappa shape index (κ1) is 13.4. The molecule has 4 nitrogen and oxygen atoms in total. The molecule has 0 aromatic carbocycles. The molecule has 0 unspecified atom stereocenters. The molecule has 0 radical (unpaired) electrons. The number of hydrogen-bond donors (Lipinski definition) is 1. The summed E-state index contributed by atoms with van der Waals surface area (Å²) < 4.78 is 5.38. The fourth-order valence-corrected chi connectivity index (χ4v) is 1.06. The van der Waals surface area contributed by atoms with Gasteiger partial charge in [-0.25, -0.2) is 0 Å². The molecule has 0 spiro atoms. The highest BCUT2D eigenvalue weighted by atomic mass is 16.5. The Morgan fingerprint density at radius 1 is 1.43 bits per heavy atom. The van der Waals surface area contributed by atoms with Crippen LogP contribution in [0, 0.1) is 0 Å². The summed E-state index contributed by atoms with van der Waals surface area (Å²) in [7, 11) is 1.98. The van der Waals surface area contributed by atoms with Crippen LogP contribution in [0.3, 0.4) is 0 Å². The van der Waals surface area contributed by atoms with E-state index in [9.17, 15) is 4.79 Å². The molecule has 0 amide bonds. The smallest absolute Gasteiger partial charge is 0.303 e. The molecule has 0 fully saturated rings. The molecule has 0 atom stereocenters. The van der Waals surface area contributed by atoms with Crippen molar-refractivity contribution >= 4 is 5.97 Å². The number of nitrogens with zero attached hydrogens (tertiary/aromatic N) is 1. The minimum atomic E-state index is -0.725. The van der Waals surface area contributed by atoms with Crippen LogP contribution in [0.2, 0.25) is 0 Å². The first-order chi connectivity index (χ1) is 6.52. The first-order valence-corrected chi connectivity index (χ1v) is 5.04. The van der Waals surface area contributed by atoms with Gasteiger partial charge >= 0.3 is 5.97 Å². The van der Waals surface area contributed by atoms with Gasteiger partial charge in [0, 0.05) is 13.0 Å². The summed E-state index contributed by atoms with van der Waals surface area (Å²) in [5.74, 6) is -0.725. The molecular weight excluding hydrogens is 182 g/mol. The Morgan fingerprint density at radius 2 is 2.07 bits per heavy atom. The van der Waals surface area contributed by atoms with Crippen LogP contribution in [0.5, 0.6) is 0 Å². The zero-order chi connectivity index (χ0) is 11.0. The summed E-state index contributed by atoms with van der Waals surface area (Å²) in [5.41, 5.74) is 0. The Kier molecular flexibility index (Phi) is 7.42. The SMILES string of the molecule is CC(C)OCCN(C)CCCC(=O)O. The third-order valence-electron chi connectivity index (χ3n) is 1.85. The van der Waals surface area contributed by atoms with Gasteiger partial charge in [-0.05, 0) is 33.9 Å². The van der Waals surface area contributed by atoms with Crippen molar-refractivity contribution in [3.8, 4) is 0 Å². The van der Waals surface area contributed by atoms with E-state index < -0.39 is 5.97 Å². The molecule has 0 aliphatic carbocycles. The average molecular weight is 203 g/mol. The number of carboxylic acid groups (broad SMARTS) is 1. The Hall–Kier alpha value is -0.610. The van der Waals surface area contributed by atoms with Gasteiger partial charge in [-0.2, -0.15) is 0 Å². The Bertz CT molecular complexity index is 159. The van der Waals surface area contributed by atoms with Gasteiger partial charge < -0.3 is 14.7 Å². The molecule has 0 aromatic heterocycles. The fourth-order valence-electron chi connectivity index (χ4n) is 1.06. The molecule has 0 aliphatic heterocycles. The molecule has 14 heavy (non-hydrogen) atoms. The van der Waals surface area contributed by atoms with E-state index in [1.807, 2.05) is 20.9 Å². The summed E-state index contributed by atoms with van der Waals surface area (Å²) >= 11 is 0. The number of aliphatic carboxylic acids is 1. The Balaban J connectivity index is 3.27. The zero-order valence-corrected chi connectivity index (χ0v) is 9.32. The maximum atomic E-state index is 10.2. The van der Waals surface area contributed by atoms with Gasteiger partial charge in [0.25, 0.3) is 0 Å². The van der Waals surface area contributed by atoms with Crippen molar-refractivity contribution < 1.29 is 14.6 Å². The van der Waals surface area contributed by atoms with Crippen LogP contribution in [0.25, 0.3) is 0 Å². The molecule has 1 N–H and O–H groups in total. The van der Waals surface area contributed by atoms with Gasteiger partial charge in [-0.1, -0.05) is 0 Å². The lowest BCUT2D eigenvalue weighted by atomic mass is 10.3. The average Bonchev–Trinajstić information content (AvgIpc) is 2.02. The van der Waals surface area contributed by atoms with Crippen molar-refractivity contribution in [3.63, 3.8) is 0 Å². The normalized spacial score (nSPS) is 11.2. The molecule has 0 aromatic rings. The van der Waals surface area contributed by atoms with E-state index in [4.69, 9.17) is 9.84 Å². The lowest BCUT2D eigenvalue weighted by molar-refractivity contribution is -0.137. The molecular formula is C10H21NO3. The van der Waals surface area contributed by atoms with Gasteiger partial charge in [0.2, 0.25) is 0 Å². The highest BCUT2D eigenvalue weighted by Crippen LogP contribution is 1.94. The quantitative estimate of drug-likeness (QED) is 0.644. The van der Waals surface area contributed by atoms with Crippen molar-refractivity contribution in [1.29, 1.82) is 0 Å². The number of carboxylic acids is 1. The van der Waals surface area contributed by atoms with E-state index in [1.165, 1.54) is 0 Å². The van der Waals surface area contributed by atoms with Crippen LogP contribution in [0.4, 0.5) is 0 Å².